The predicted molar refractivity (Wildman–Crippen MR) is 72.0 cm³/mol. The highest BCUT2D eigenvalue weighted by Crippen LogP contribution is 2.10. The smallest absolute Gasteiger partial charge is 0.313 e. The van der Waals surface area contributed by atoms with Gasteiger partial charge in [-0.2, -0.15) is 0 Å². The predicted octanol–water partition coefficient (Wildman–Crippen LogP) is 2.94. The zero-order valence-corrected chi connectivity index (χ0v) is 11.6. The molecule has 0 fully saturated rings. The van der Waals surface area contributed by atoms with E-state index in [1.54, 1.807) is 0 Å². The minimum absolute atomic E-state index is 0.357. The van der Waals surface area contributed by atoms with Gasteiger partial charge in [0.05, 0.1) is 0 Å². The zero-order valence-electron chi connectivity index (χ0n) is 11.6. The molecule has 0 rings (SSSR count). The van der Waals surface area contributed by atoms with Crippen LogP contribution in [-0.4, -0.2) is 18.5 Å². The number of hydrogen-bond donors (Lipinski definition) is 1. The van der Waals surface area contributed by atoms with Gasteiger partial charge in [-0.15, -0.1) is 0 Å². The van der Waals surface area contributed by atoms with Crippen LogP contribution in [0.3, 0.4) is 0 Å². The van der Waals surface area contributed by atoms with Crippen molar-refractivity contribution >= 4 is 11.9 Å². The Kier molecular flexibility index (Phi) is 11.9. The standard InChI is InChI=1S/C14H27NO3/c1-13(16)18-14(17)11-9-7-5-3-2-4-6-8-10-12-15/h2-12,15H2,1H3. The third kappa shape index (κ3) is 13.2. The van der Waals surface area contributed by atoms with Crippen LogP contribution in [0.4, 0.5) is 0 Å². The molecule has 0 spiro atoms. The Balaban J connectivity index is 3.11. The molecule has 4 nitrogen and oxygen atoms in total. The molecular weight excluding hydrogens is 230 g/mol. The van der Waals surface area contributed by atoms with Gasteiger partial charge in [-0.1, -0.05) is 44.9 Å². The Hall–Kier alpha value is -0.900. The summed E-state index contributed by atoms with van der Waals surface area (Å²) < 4.78 is 4.44. The highest BCUT2D eigenvalue weighted by atomic mass is 16.6. The van der Waals surface area contributed by atoms with E-state index >= 15 is 0 Å². The molecule has 0 aromatic carbocycles. The SMILES string of the molecule is CC(=O)OC(=O)CCCCCCCCCCCN. The average Bonchev–Trinajstić information content (AvgIpc) is 2.30. The maximum atomic E-state index is 11.0. The fourth-order valence-electron chi connectivity index (χ4n) is 1.86. The summed E-state index contributed by atoms with van der Waals surface area (Å²) in [4.78, 5) is 21.5. The van der Waals surface area contributed by atoms with E-state index in [2.05, 4.69) is 4.74 Å². The minimum atomic E-state index is -0.516. The van der Waals surface area contributed by atoms with Crippen molar-refractivity contribution in [1.29, 1.82) is 0 Å². The Morgan fingerprint density at radius 2 is 1.28 bits per heavy atom. The van der Waals surface area contributed by atoms with Crippen molar-refractivity contribution in [3.63, 3.8) is 0 Å². The second-order valence-corrected chi connectivity index (χ2v) is 4.69. The Labute approximate surface area is 110 Å². The molecule has 0 bridgehead atoms. The van der Waals surface area contributed by atoms with Gasteiger partial charge < -0.3 is 10.5 Å². The van der Waals surface area contributed by atoms with Crippen LogP contribution < -0.4 is 5.73 Å². The molecule has 0 aliphatic heterocycles. The average molecular weight is 257 g/mol. The molecule has 2 N–H and O–H groups in total. The van der Waals surface area contributed by atoms with E-state index in [0.717, 1.165) is 32.2 Å². The third-order valence-corrected chi connectivity index (χ3v) is 2.84. The Morgan fingerprint density at radius 1 is 0.833 bits per heavy atom. The van der Waals surface area contributed by atoms with Crippen molar-refractivity contribution in [3.05, 3.63) is 0 Å². The molecule has 18 heavy (non-hydrogen) atoms. The van der Waals surface area contributed by atoms with Gasteiger partial charge in [-0.3, -0.25) is 9.59 Å². The van der Waals surface area contributed by atoms with Gasteiger partial charge >= 0.3 is 11.9 Å². The van der Waals surface area contributed by atoms with Gasteiger partial charge in [0, 0.05) is 13.3 Å². The van der Waals surface area contributed by atoms with E-state index in [1.807, 2.05) is 0 Å². The van der Waals surface area contributed by atoms with Crippen LogP contribution in [0.25, 0.3) is 0 Å². The summed E-state index contributed by atoms with van der Waals surface area (Å²) >= 11 is 0. The van der Waals surface area contributed by atoms with Crippen LogP contribution in [-0.2, 0) is 14.3 Å². The third-order valence-electron chi connectivity index (χ3n) is 2.84. The number of hydrogen-bond acceptors (Lipinski definition) is 4. The van der Waals surface area contributed by atoms with Crippen molar-refractivity contribution < 1.29 is 14.3 Å². The highest BCUT2D eigenvalue weighted by molar-refractivity contribution is 5.83. The number of ether oxygens (including phenoxy) is 1. The number of nitrogens with two attached hydrogens (primary N) is 1. The number of carbonyl (C=O) groups excluding carboxylic acids is 2. The molecule has 0 amide bonds. The van der Waals surface area contributed by atoms with Gasteiger partial charge in [0.1, 0.15) is 0 Å². The van der Waals surface area contributed by atoms with E-state index in [1.165, 1.54) is 39.0 Å². The molecule has 0 aromatic rings. The van der Waals surface area contributed by atoms with E-state index in [9.17, 15) is 9.59 Å². The first-order chi connectivity index (χ1) is 8.66. The molecule has 0 atom stereocenters. The van der Waals surface area contributed by atoms with Crippen LogP contribution >= 0.6 is 0 Å². The molecular formula is C14H27NO3. The molecule has 106 valence electrons. The van der Waals surface area contributed by atoms with Crippen LogP contribution in [0.5, 0.6) is 0 Å². The lowest BCUT2D eigenvalue weighted by atomic mass is 10.1. The second-order valence-electron chi connectivity index (χ2n) is 4.69. The topological polar surface area (TPSA) is 69.4 Å². The number of rotatable bonds is 11. The van der Waals surface area contributed by atoms with Crippen LogP contribution in [0.2, 0.25) is 0 Å². The summed E-state index contributed by atoms with van der Waals surface area (Å²) in [7, 11) is 0. The molecule has 0 unspecified atom stereocenters. The van der Waals surface area contributed by atoms with E-state index in [4.69, 9.17) is 5.73 Å². The molecule has 0 radical (unpaired) electrons. The lowest BCUT2D eigenvalue weighted by Crippen LogP contribution is -2.08. The molecule has 0 heterocycles. The molecule has 0 saturated carbocycles. The van der Waals surface area contributed by atoms with Crippen molar-refractivity contribution in [2.45, 2.75) is 71.1 Å². The number of unbranched alkanes of at least 4 members (excludes halogenated alkanes) is 8. The van der Waals surface area contributed by atoms with Gasteiger partial charge in [0.2, 0.25) is 0 Å². The van der Waals surface area contributed by atoms with Crippen molar-refractivity contribution in [1.82, 2.24) is 0 Å². The summed E-state index contributed by atoms with van der Waals surface area (Å²) in [6.07, 6.45) is 10.8. The highest BCUT2D eigenvalue weighted by Gasteiger charge is 2.04. The summed E-state index contributed by atoms with van der Waals surface area (Å²) in [6.45, 7) is 2.05. The summed E-state index contributed by atoms with van der Waals surface area (Å²) in [5, 5.41) is 0. The summed E-state index contributed by atoms with van der Waals surface area (Å²) in [5.74, 6) is -0.915. The van der Waals surface area contributed by atoms with E-state index < -0.39 is 11.9 Å². The molecule has 0 aliphatic carbocycles. The Morgan fingerprint density at radius 3 is 1.72 bits per heavy atom. The number of esters is 2. The molecule has 0 saturated heterocycles. The van der Waals surface area contributed by atoms with Crippen LogP contribution in [0, 0.1) is 0 Å². The number of carbonyl (C=O) groups is 2. The van der Waals surface area contributed by atoms with Crippen molar-refractivity contribution in [3.8, 4) is 0 Å². The van der Waals surface area contributed by atoms with Crippen LogP contribution in [0.15, 0.2) is 0 Å². The lowest BCUT2D eigenvalue weighted by Gasteiger charge is -2.02. The summed E-state index contributed by atoms with van der Waals surface area (Å²) in [6, 6.07) is 0. The maximum Gasteiger partial charge on any atom is 0.313 e. The Bertz CT molecular complexity index is 229. The lowest BCUT2D eigenvalue weighted by molar-refractivity contribution is -0.158. The maximum absolute atomic E-state index is 11.0. The van der Waals surface area contributed by atoms with Crippen molar-refractivity contribution in [2.75, 3.05) is 6.54 Å². The normalized spacial score (nSPS) is 10.3. The fourth-order valence-corrected chi connectivity index (χ4v) is 1.86. The summed E-state index contributed by atoms with van der Waals surface area (Å²) in [5.41, 5.74) is 5.42. The quantitative estimate of drug-likeness (QED) is 0.351. The zero-order chi connectivity index (χ0) is 13.6. The van der Waals surface area contributed by atoms with Gasteiger partial charge in [0.15, 0.2) is 0 Å². The van der Waals surface area contributed by atoms with E-state index in [-0.39, 0.29) is 0 Å². The monoisotopic (exact) mass is 257 g/mol. The van der Waals surface area contributed by atoms with Crippen LogP contribution in [0.1, 0.15) is 71.1 Å². The molecule has 4 heteroatoms. The first-order valence-electron chi connectivity index (χ1n) is 7.08. The van der Waals surface area contributed by atoms with Gasteiger partial charge in [-0.05, 0) is 19.4 Å². The first kappa shape index (κ1) is 17.1. The fraction of sp³-hybridized carbons (Fsp3) is 0.857. The van der Waals surface area contributed by atoms with Gasteiger partial charge in [0.25, 0.3) is 0 Å². The van der Waals surface area contributed by atoms with Gasteiger partial charge in [-0.25, -0.2) is 0 Å². The van der Waals surface area contributed by atoms with E-state index in [0.29, 0.717) is 6.42 Å². The first-order valence-corrected chi connectivity index (χ1v) is 7.08. The minimum Gasteiger partial charge on any atom is -0.393 e. The molecule has 0 aliphatic rings. The largest absolute Gasteiger partial charge is 0.393 e. The second kappa shape index (κ2) is 12.6. The van der Waals surface area contributed by atoms with Crippen molar-refractivity contribution in [2.24, 2.45) is 5.73 Å². The molecule has 0 aromatic heterocycles.